The van der Waals surface area contributed by atoms with Crippen LogP contribution in [0.1, 0.15) is 25.3 Å². The minimum absolute atomic E-state index is 0.0330. The van der Waals surface area contributed by atoms with Crippen LogP contribution in [-0.4, -0.2) is 32.7 Å². The topological polar surface area (TPSA) is 54.8 Å². The van der Waals surface area contributed by atoms with Crippen molar-refractivity contribution in [3.8, 4) is 5.75 Å². The number of hydrogen-bond acceptors (Lipinski definition) is 3. The van der Waals surface area contributed by atoms with E-state index in [2.05, 4.69) is 23.9 Å². The van der Waals surface area contributed by atoms with Crippen molar-refractivity contribution < 1.29 is 14.4 Å². The largest absolute Gasteiger partial charge is 0.497 e. The molecule has 0 radical (unpaired) electrons. The molecule has 0 saturated carbocycles. The van der Waals surface area contributed by atoms with Crippen molar-refractivity contribution in [3.63, 3.8) is 0 Å². The Balaban J connectivity index is 1.73. The Morgan fingerprint density at radius 3 is 2.68 bits per heavy atom. The fraction of sp³-hybridized carbons (Fsp3) is 0.471. The first kappa shape index (κ1) is 16.4. The summed E-state index contributed by atoms with van der Waals surface area (Å²) in [6.07, 6.45) is 4.74. The van der Waals surface area contributed by atoms with Crippen molar-refractivity contribution in [1.82, 2.24) is 10.9 Å². The Hall–Kier alpha value is -2.01. The standard InChI is InChI=1S/C17H25N3O2/c1-3-10-20-11-8-15(9-12-20)18-19-17(21)13-14-4-6-16(22-2)7-5-14/h4-8,18H,3,9-13H2,1-2H3,(H,19,21)/p+1. The van der Waals surface area contributed by atoms with Gasteiger partial charge in [0.05, 0.1) is 33.2 Å². The van der Waals surface area contributed by atoms with E-state index in [1.54, 1.807) is 12.0 Å². The van der Waals surface area contributed by atoms with Gasteiger partial charge in [-0.25, -0.2) is 0 Å². The number of nitrogens with one attached hydrogen (secondary N) is 3. The van der Waals surface area contributed by atoms with E-state index in [-0.39, 0.29) is 5.91 Å². The average Bonchev–Trinajstić information content (AvgIpc) is 2.55. The Morgan fingerprint density at radius 1 is 1.32 bits per heavy atom. The van der Waals surface area contributed by atoms with Crippen LogP contribution in [0.4, 0.5) is 0 Å². The maximum atomic E-state index is 11.9. The summed E-state index contributed by atoms with van der Waals surface area (Å²) in [5.74, 6) is 0.767. The molecule has 0 aliphatic carbocycles. The zero-order valence-corrected chi connectivity index (χ0v) is 13.4. The second kappa shape index (κ2) is 8.44. The van der Waals surface area contributed by atoms with Crippen LogP contribution in [0.5, 0.6) is 5.75 Å². The summed E-state index contributed by atoms with van der Waals surface area (Å²) < 4.78 is 5.10. The minimum atomic E-state index is -0.0330. The van der Waals surface area contributed by atoms with Gasteiger partial charge in [0.2, 0.25) is 5.91 Å². The monoisotopic (exact) mass is 304 g/mol. The number of hydrazine groups is 1. The summed E-state index contributed by atoms with van der Waals surface area (Å²) >= 11 is 0. The van der Waals surface area contributed by atoms with Crippen molar-refractivity contribution in [1.29, 1.82) is 0 Å². The van der Waals surface area contributed by atoms with Crippen LogP contribution in [0.3, 0.4) is 0 Å². The molecule has 5 nitrogen and oxygen atoms in total. The molecule has 0 fully saturated rings. The maximum absolute atomic E-state index is 11.9. The fourth-order valence-electron chi connectivity index (χ4n) is 2.60. The molecule has 120 valence electrons. The summed E-state index contributed by atoms with van der Waals surface area (Å²) in [5.41, 5.74) is 7.91. The first-order chi connectivity index (χ1) is 10.7. The van der Waals surface area contributed by atoms with Gasteiger partial charge < -0.3 is 15.1 Å². The number of carbonyl (C=O) groups excluding carboxylic acids is 1. The molecule has 5 heteroatoms. The van der Waals surface area contributed by atoms with E-state index < -0.39 is 0 Å². The molecule has 1 aliphatic heterocycles. The van der Waals surface area contributed by atoms with E-state index in [1.165, 1.54) is 13.0 Å². The van der Waals surface area contributed by atoms with E-state index >= 15 is 0 Å². The summed E-state index contributed by atoms with van der Waals surface area (Å²) in [6, 6.07) is 7.55. The molecule has 1 heterocycles. The highest BCUT2D eigenvalue weighted by Gasteiger charge is 2.14. The van der Waals surface area contributed by atoms with Gasteiger partial charge in [-0.2, -0.15) is 0 Å². The Kier molecular flexibility index (Phi) is 6.27. The van der Waals surface area contributed by atoms with Gasteiger partial charge in [0.25, 0.3) is 0 Å². The summed E-state index contributed by atoms with van der Waals surface area (Å²) in [4.78, 5) is 13.5. The van der Waals surface area contributed by atoms with Crippen LogP contribution < -0.4 is 20.5 Å². The van der Waals surface area contributed by atoms with Gasteiger partial charge in [-0.05, 0) is 30.2 Å². The number of benzene rings is 1. The van der Waals surface area contributed by atoms with E-state index in [4.69, 9.17) is 4.74 Å². The van der Waals surface area contributed by atoms with Gasteiger partial charge in [-0.1, -0.05) is 19.1 Å². The van der Waals surface area contributed by atoms with Gasteiger partial charge in [-0.15, -0.1) is 0 Å². The van der Waals surface area contributed by atoms with Crippen molar-refractivity contribution in [2.24, 2.45) is 0 Å². The van der Waals surface area contributed by atoms with Crippen LogP contribution >= 0.6 is 0 Å². The van der Waals surface area contributed by atoms with E-state index in [0.29, 0.717) is 6.42 Å². The normalized spacial score (nSPS) is 17.5. The number of ether oxygens (including phenoxy) is 1. The molecule has 0 aromatic heterocycles. The molecule has 1 atom stereocenters. The zero-order valence-electron chi connectivity index (χ0n) is 13.4. The molecule has 1 amide bonds. The molecule has 1 unspecified atom stereocenters. The number of carbonyl (C=O) groups is 1. The molecular weight excluding hydrogens is 278 g/mol. The van der Waals surface area contributed by atoms with Crippen LogP contribution in [0, 0.1) is 0 Å². The van der Waals surface area contributed by atoms with E-state index in [0.717, 1.165) is 36.5 Å². The second-order valence-corrected chi connectivity index (χ2v) is 5.63. The number of amides is 1. The molecule has 1 aromatic carbocycles. The summed E-state index contributed by atoms with van der Waals surface area (Å²) in [7, 11) is 1.63. The maximum Gasteiger partial charge on any atom is 0.242 e. The summed E-state index contributed by atoms with van der Waals surface area (Å²) in [5, 5.41) is 0. The average molecular weight is 304 g/mol. The Bertz CT molecular complexity index is 511. The predicted molar refractivity (Wildman–Crippen MR) is 86.5 cm³/mol. The highest BCUT2D eigenvalue weighted by Crippen LogP contribution is 2.11. The smallest absolute Gasteiger partial charge is 0.242 e. The van der Waals surface area contributed by atoms with Crippen molar-refractivity contribution in [2.45, 2.75) is 26.2 Å². The van der Waals surface area contributed by atoms with Crippen LogP contribution in [0.25, 0.3) is 0 Å². The van der Waals surface area contributed by atoms with Gasteiger partial charge in [0.15, 0.2) is 0 Å². The third-order valence-corrected chi connectivity index (χ3v) is 3.87. The molecule has 2 rings (SSSR count). The van der Waals surface area contributed by atoms with Crippen LogP contribution in [-0.2, 0) is 11.2 Å². The van der Waals surface area contributed by atoms with Gasteiger partial charge in [-0.3, -0.25) is 10.2 Å². The lowest BCUT2D eigenvalue weighted by Crippen LogP contribution is -3.12. The molecular formula is C17H26N3O2+. The first-order valence-corrected chi connectivity index (χ1v) is 7.91. The third-order valence-electron chi connectivity index (χ3n) is 3.87. The minimum Gasteiger partial charge on any atom is -0.497 e. The SMILES string of the molecule is CCC[NH+]1CC=C(NNC(=O)Cc2ccc(OC)cc2)CC1. The predicted octanol–water partition coefficient (Wildman–Crippen LogP) is 0.441. The molecule has 1 aromatic rings. The fourth-order valence-corrected chi connectivity index (χ4v) is 2.60. The van der Waals surface area contributed by atoms with Crippen LogP contribution in [0.15, 0.2) is 36.0 Å². The van der Waals surface area contributed by atoms with Crippen molar-refractivity contribution in [2.75, 3.05) is 26.7 Å². The number of quaternary nitrogens is 1. The number of rotatable bonds is 7. The molecule has 22 heavy (non-hydrogen) atoms. The van der Waals surface area contributed by atoms with E-state index in [9.17, 15) is 4.79 Å². The molecule has 0 spiro atoms. The highest BCUT2D eigenvalue weighted by molar-refractivity contribution is 5.78. The lowest BCUT2D eigenvalue weighted by molar-refractivity contribution is -0.895. The number of methoxy groups -OCH3 is 1. The lowest BCUT2D eigenvalue weighted by Gasteiger charge is -2.23. The summed E-state index contributed by atoms with van der Waals surface area (Å²) in [6.45, 7) is 5.59. The molecule has 3 N–H and O–H groups in total. The van der Waals surface area contributed by atoms with Crippen molar-refractivity contribution >= 4 is 5.91 Å². The second-order valence-electron chi connectivity index (χ2n) is 5.63. The molecule has 0 saturated heterocycles. The van der Waals surface area contributed by atoms with Crippen molar-refractivity contribution in [3.05, 3.63) is 41.6 Å². The highest BCUT2D eigenvalue weighted by atomic mass is 16.5. The van der Waals surface area contributed by atoms with Gasteiger partial charge in [0, 0.05) is 12.1 Å². The molecule has 1 aliphatic rings. The van der Waals surface area contributed by atoms with E-state index in [1.807, 2.05) is 24.3 Å². The lowest BCUT2D eigenvalue weighted by atomic mass is 10.1. The first-order valence-electron chi connectivity index (χ1n) is 7.91. The number of hydrogen-bond donors (Lipinski definition) is 3. The third kappa shape index (κ3) is 5.07. The van der Waals surface area contributed by atoms with Crippen LogP contribution in [0.2, 0.25) is 0 Å². The quantitative estimate of drug-likeness (QED) is 0.641. The molecule has 0 bridgehead atoms. The van der Waals surface area contributed by atoms with Gasteiger partial charge >= 0.3 is 0 Å². The zero-order chi connectivity index (χ0) is 15.8. The van der Waals surface area contributed by atoms with Gasteiger partial charge in [0.1, 0.15) is 5.75 Å². The Morgan fingerprint density at radius 2 is 2.09 bits per heavy atom. The Labute approximate surface area is 132 Å².